The Morgan fingerprint density at radius 1 is 1.33 bits per heavy atom. The molecule has 1 fully saturated rings. The van der Waals surface area contributed by atoms with Gasteiger partial charge < -0.3 is 24.9 Å². The smallest absolute Gasteiger partial charge is 0.332 e. The van der Waals surface area contributed by atoms with Crippen molar-refractivity contribution in [1.82, 2.24) is 9.88 Å². The van der Waals surface area contributed by atoms with Gasteiger partial charge in [0.05, 0.1) is 0 Å². The minimum absolute atomic E-state index is 0.0495. The second-order valence-corrected chi connectivity index (χ2v) is 6.14. The molecule has 1 aromatic heterocycles. The molecule has 3 rings (SSSR count). The molecule has 9 nitrogen and oxygen atoms in total. The highest BCUT2D eigenvalue weighted by molar-refractivity contribution is 5.95. The van der Waals surface area contributed by atoms with Gasteiger partial charge in [-0.05, 0) is 18.4 Å². The zero-order valence-electron chi connectivity index (χ0n) is 14.4. The summed E-state index contributed by atoms with van der Waals surface area (Å²) in [6, 6.07) is 6.91. The van der Waals surface area contributed by atoms with E-state index in [1.54, 1.807) is 12.1 Å². The number of carbonyl (C=O) groups is 3. The minimum Gasteiger partial charge on any atom is -0.480 e. The summed E-state index contributed by atoms with van der Waals surface area (Å²) in [6.45, 7) is 0.372. The van der Waals surface area contributed by atoms with Gasteiger partial charge in [0.15, 0.2) is 11.7 Å². The fourth-order valence-corrected chi connectivity index (χ4v) is 2.86. The first kappa shape index (κ1) is 18.6. The molecule has 3 N–H and O–H groups in total. The predicted molar refractivity (Wildman–Crippen MR) is 91.4 cm³/mol. The Hall–Kier alpha value is -3.20. The van der Waals surface area contributed by atoms with E-state index in [1.807, 2.05) is 18.2 Å². The first-order chi connectivity index (χ1) is 13.0. The number of nitrogens with two attached hydrogens (primary N) is 1. The molecule has 142 valence electrons. The number of hydrogen-bond donors (Lipinski definition) is 2. The molecule has 0 spiro atoms. The lowest BCUT2D eigenvalue weighted by Crippen LogP contribution is -2.40. The fraction of sp³-hybridized carbons (Fsp3) is 0.333. The van der Waals surface area contributed by atoms with Crippen LogP contribution in [0.5, 0.6) is 0 Å². The molecule has 1 aromatic carbocycles. The number of rotatable bonds is 6. The molecular formula is C18H19N3O6. The number of aliphatic carboxylic acids is 1. The van der Waals surface area contributed by atoms with Crippen LogP contribution in [0.2, 0.25) is 0 Å². The van der Waals surface area contributed by atoms with E-state index in [2.05, 4.69) is 4.98 Å². The molecule has 0 radical (unpaired) electrons. The SMILES string of the molecule is NC(C(=O)OCc1ccccc1)c1nc(C(=O)N2CCC[C@@H]2C(=O)O)co1. The number of oxazole rings is 1. The Balaban J connectivity index is 1.63. The van der Waals surface area contributed by atoms with Crippen LogP contribution in [0.1, 0.15) is 40.8 Å². The number of nitrogens with zero attached hydrogens (tertiary/aromatic N) is 2. The Labute approximate surface area is 154 Å². The molecule has 1 aliphatic heterocycles. The average Bonchev–Trinajstić information content (AvgIpc) is 3.35. The first-order valence-corrected chi connectivity index (χ1v) is 8.42. The van der Waals surface area contributed by atoms with Crippen LogP contribution in [-0.2, 0) is 20.9 Å². The summed E-state index contributed by atoms with van der Waals surface area (Å²) in [5.41, 5.74) is 6.50. The summed E-state index contributed by atoms with van der Waals surface area (Å²) in [5, 5.41) is 9.18. The molecule has 2 atom stereocenters. The average molecular weight is 373 g/mol. The van der Waals surface area contributed by atoms with Gasteiger partial charge in [0.2, 0.25) is 5.89 Å². The molecule has 0 aliphatic carbocycles. The summed E-state index contributed by atoms with van der Waals surface area (Å²) in [6.07, 6.45) is 2.05. The normalized spacial score (nSPS) is 17.5. The number of aromatic nitrogens is 1. The second kappa shape index (κ2) is 8.00. The third-order valence-electron chi connectivity index (χ3n) is 4.28. The number of hydrogen-bond acceptors (Lipinski definition) is 7. The van der Waals surface area contributed by atoms with Gasteiger partial charge in [-0.2, -0.15) is 0 Å². The summed E-state index contributed by atoms with van der Waals surface area (Å²) in [7, 11) is 0. The number of carboxylic acids is 1. The van der Waals surface area contributed by atoms with Gasteiger partial charge in [-0.3, -0.25) is 4.79 Å². The molecule has 9 heteroatoms. The van der Waals surface area contributed by atoms with Crippen LogP contribution in [0, 0.1) is 0 Å². The highest BCUT2D eigenvalue weighted by Gasteiger charge is 2.36. The third kappa shape index (κ3) is 4.14. The molecule has 1 saturated heterocycles. The summed E-state index contributed by atoms with van der Waals surface area (Å²) >= 11 is 0. The van der Waals surface area contributed by atoms with Crippen LogP contribution < -0.4 is 5.73 Å². The quantitative estimate of drug-likeness (QED) is 0.719. The van der Waals surface area contributed by atoms with Crippen LogP contribution in [0.15, 0.2) is 41.0 Å². The molecule has 1 unspecified atom stereocenters. The fourth-order valence-electron chi connectivity index (χ4n) is 2.86. The van der Waals surface area contributed by atoms with Crippen molar-refractivity contribution in [1.29, 1.82) is 0 Å². The van der Waals surface area contributed by atoms with E-state index >= 15 is 0 Å². The molecule has 1 aliphatic rings. The van der Waals surface area contributed by atoms with Crippen molar-refractivity contribution >= 4 is 17.8 Å². The first-order valence-electron chi connectivity index (χ1n) is 8.42. The highest BCUT2D eigenvalue weighted by Crippen LogP contribution is 2.21. The van der Waals surface area contributed by atoms with Gasteiger partial charge in [0.25, 0.3) is 5.91 Å². The lowest BCUT2D eigenvalue weighted by Gasteiger charge is -2.19. The molecule has 2 aromatic rings. The van der Waals surface area contributed by atoms with E-state index in [-0.39, 0.29) is 18.2 Å². The van der Waals surface area contributed by atoms with E-state index < -0.39 is 29.9 Å². The Morgan fingerprint density at radius 3 is 2.78 bits per heavy atom. The number of ether oxygens (including phenoxy) is 1. The highest BCUT2D eigenvalue weighted by atomic mass is 16.5. The maximum absolute atomic E-state index is 12.5. The summed E-state index contributed by atoms with van der Waals surface area (Å²) < 4.78 is 10.3. The van der Waals surface area contributed by atoms with Gasteiger partial charge in [0.1, 0.15) is 18.9 Å². The van der Waals surface area contributed by atoms with E-state index in [0.29, 0.717) is 19.4 Å². The number of carboxylic acid groups (broad SMARTS) is 1. The topological polar surface area (TPSA) is 136 Å². The zero-order chi connectivity index (χ0) is 19.4. The van der Waals surface area contributed by atoms with Crippen molar-refractivity contribution in [3.05, 3.63) is 53.7 Å². The van der Waals surface area contributed by atoms with Crippen molar-refractivity contribution in [3.8, 4) is 0 Å². The van der Waals surface area contributed by atoms with E-state index in [1.165, 1.54) is 4.90 Å². The summed E-state index contributed by atoms with van der Waals surface area (Å²) in [4.78, 5) is 40.9. The molecular weight excluding hydrogens is 354 g/mol. The molecule has 1 amide bonds. The van der Waals surface area contributed by atoms with Gasteiger partial charge >= 0.3 is 11.9 Å². The predicted octanol–water partition coefficient (Wildman–Crippen LogP) is 1.11. The van der Waals surface area contributed by atoms with Crippen molar-refractivity contribution in [3.63, 3.8) is 0 Å². The van der Waals surface area contributed by atoms with Crippen LogP contribution >= 0.6 is 0 Å². The van der Waals surface area contributed by atoms with E-state index in [0.717, 1.165) is 11.8 Å². The van der Waals surface area contributed by atoms with Gasteiger partial charge in [-0.1, -0.05) is 30.3 Å². The standard InChI is InChI=1S/C18H19N3O6/c19-14(18(25)27-9-11-5-2-1-3-6-11)15-20-12(10-26-15)16(22)21-8-4-7-13(21)17(23)24/h1-3,5-6,10,13-14H,4,7-9,19H2,(H,23,24)/t13-,14?/m1/s1. The van der Waals surface area contributed by atoms with Gasteiger partial charge in [-0.15, -0.1) is 0 Å². The number of benzene rings is 1. The summed E-state index contributed by atoms with van der Waals surface area (Å²) in [5.74, 6) is -2.54. The maximum Gasteiger partial charge on any atom is 0.332 e. The third-order valence-corrected chi connectivity index (χ3v) is 4.28. The monoisotopic (exact) mass is 373 g/mol. The largest absolute Gasteiger partial charge is 0.480 e. The van der Waals surface area contributed by atoms with Gasteiger partial charge in [0, 0.05) is 6.54 Å². The van der Waals surface area contributed by atoms with Crippen molar-refractivity contribution in [2.24, 2.45) is 5.73 Å². The Morgan fingerprint density at radius 2 is 2.07 bits per heavy atom. The lowest BCUT2D eigenvalue weighted by molar-refractivity contribution is -0.147. The van der Waals surface area contributed by atoms with Gasteiger partial charge in [-0.25, -0.2) is 14.6 Å². The number of carbonyl (C=O) groups excluding carboxylic acids is 2. The number of amides is 1. The Bertz CT molecular complexity index is 835. The minimum atomic E-state index is -1.29. The van der Waals surface area contributed by atoms with Crippen molar-refractivity contribution in [2.75, 3.05) is 6.54 Å². The number of likely N-dealkylation sites (tertiary alicyclic amines) is 1. The number of esters is 1. The molecule has 2 heterocycles. The Kier molecular flexibility index (Phi) is 5.51. The van der Waals surface area contributed by atoms with Crippen LogP contribution in [0.3, 0.4) is 0 Å². The second-order valence-electron chi connectivity index (χ2n) is 6.14. The van der Waals surface area contributed by atoms with Crippen LogP contribution in [-0.4, -0.2) is 45.4 Å². The van der Waals surface area contributed by atoms with Crippen molar-refractivity contribution < 1.29 is 28.6 Å². The zero-order valence-corrected chi connectivity index (χ0v) is 14.4. The molecule has 0 bridgehead atoms. The van der Waals surface area contributed by atoms with Crippen molar-refractivity contribution in [2.45, 2.75) is 31.5 Å². The lowest BCUT2D eigenvalue weighted by atomic mass is 10.2. The van der Waals surface area contributed by atoms with Crippen LogP contribution in [0.25, 0.3) is 0 Å². The van der Waals surface area contributed by atoms with Crippen LogP contribution in [0.4, 0.5) is 0 Å². The molecule has 27 heavy (non-hydrogen) atoms. The maximum atomic E-state index is 12.5. The van der Waals surface area contributed by atoms with E-state index in [4.69, 9.17) is 14.9 Å². The molecule has 0 saturated carbocycles. The van der Waals surface area contributed by atoms with E-state index in [9.17, 15) is 19.5 Å².